The van der Waals surface area contributed by atoms with Crippen LogP contribution in [0.4, 0.5) is 5.82 Å². The Morgan fingerprint density at radius 2 is 1.83 bits per heavy atom. The molecule has 2 heterocycles. The van der Waals surface area contributed by atoms with E-state index in [0.717, 1.165) is 18.4 Å². The molecule has 1 fully saturated rings. The van der Waals surface area contributed by atoms with Crippen LogP contribution >= 0.6 is 11.6 Å². The average molecular weight is 367 g/mol. The summed E-state index contributed by atoms with van der Waals surface area (Å²) in [5.74, 6) is 1.23. The van der Waals surface area contributed by atoms with E-state index >= 15 is 0 Å². The van der Waals surface area contributed by atoms with Gasteiger partial charge in [0.2, 0.25) is 10.0 Å². The summed E-state index contributed by atoms with van der Waals surface area (Å²) in [5.41, 5.74) is 0.961. The number of anilines is 1. The zero-order valence-corrected chi connectivity index (χ0v) is 14.9. The zero-order valence-electron chi connectivity index (χ0n) is 13.4. The molecule has 1 aromatic carbocycles. The lowest BCUT2D eigenvalue weighted by molar-refractivity contribution is 0.477. The molecule has 8 heteroatoms. The van der Waals surface area contributed by atoms with Crippen LogP contribution in [0.25, 0.3) is 0 Å². The molecule has 0 aliphatic carbocycles. The van der Waals surface area contributed by atoms with Crippen LogP contribution in [0.1, 0.15) is 24.2 Å². The second kappa shape index (κ2) is 7.04. The molecule has 1 aromatic heterocycles. The van der Waals surface area contributed by atoms with Gasteiger partial charge in [0.25, 0.3) is 0 Å². The number of benzene rings is 1. The summed E-state index contributed by atoms with van der Waals surface area (Å²) >= 11 is 5.90. The van der Waals surface area contributed by atoms with Crippen molar-refractivity contribution in [3.05, 3.63) is 46.9 Å². The van der Waals surface area contributed by atoms with Crippen molar-refractivity contribution in [2.75, 3.05) is 18.4 Å². The smallest absolute Gasteiger partial charge is 0.243 e. The normalized spacial score (nSPS) is 15.6. The highest BCUT2D eigenvalue weighted by Crippen LogP contribution is 2.21. The number of aromatic nitrogens is 2. The lowest BCUT2D eigenvalue weighted by Crippen LogP contribution is -2.27. The van der Waals surface area contributed by atoms with Crippen LogP contribution in [0.5, 0.6) is 0 Å². The van der Waals surface area contributed by atoms with E-state index in [1.165, 1.54) is 0 Å². The van der Waals surface area contributed by atoms with Gasteiger partial charge in [0.1, 0.15) is 16.8 Å². The molecule has 128 valence electrons. The predicted molar refractivity (Wildman–Crippen MR) is 93.5 cm³/mol. The topological polar surface area (TPSA) is 75.2 Å². The van der Waals surface area contributed by atoms with Gasteiger partial charge in [0.05, 0.1) is 4.90 Å². The Balaban J connectivity index is 1.68. The van der Waals surface area contributed by atoms with E-state index in [4.69, 9.17) is 11.6 Å². The molecule has 1 aliphatic rings. The van der Waals surface area contributed by atoms with Gasteiger partial charge < -0.3 is 5.32 Å². The molecule has 2 aromatic rings. The summed E-state index contributed by atoms with van der Waals surface area (Å²) in [5, 5.41) is 3.55. The largest absolute Gasteiger partial charge is 0.366 e. The molecule has 3 rings (SSSR count). The minimum atomic E-state index is -3.36. The highest BCUT2D eigenvalue weighted by Gasteiger charge is 2.26. The van der Waals surface area contributed by atoms with E-state index in [2.05, 4.69) is 15.3 Å². The molecule has 0 radical (unpaired) electrons. The molecule has 0 atom stereocenters. The summed E-state index contributed by atoms with van der Waals surface area (Å²) in [6.45, 7) is 3.52. The van der Waals surface area contributed by atoms with Crippen molar-refractivity contribution in [2.24, 2.45) is 0 Å². The van der Waals surface area contributed by atoms with E-state index in [0.29, 0.717) is 41.3 Å². The maximum absolute atomic E-state index is 12.5. The van der Waals surface area contributed by atoms with E-state index in [-0.39, 0.29) is 0 Å². The second-order valence-corrected chi connectivity index (χ2v) is 8.06. The molecule has 1 saturated heterocycles. The van der Waals surface area contributed by atoms with Crippen molar-refractivity contribution in [3.8, 4) is 0 Å². The van der Waals surface area contributed by atoms with Gasteiger partial charge in [-0.2, -0.15) is 4.31 Å². The molecule has 0 spiro atoms. The Morgan fingerprint density at radius 3 is 2.46 bits per heavy atom. The molecule has 0 bridgehead atoms. The lowest BCUT2D eigenvalue weighted by atomic mass is 10.2. The van der Waals surface area contributed by atoms with Crippen molar-refractivity contribution in [1.82, 2.24) is 14.3 Å². The third kappa shape index (κ3) is 3.85. The first kappa shape index (κ1) is 17.1. The number of rotatable bonds is 5. The molecular weight excluding hydrogens is 348 g/mol. The SMILES string of the molecule is Cc1nc(Cl)cc(NCc2ccc(S(=O)(=O)N3CCCC3)cc2)n1. The minimum absolute atomic E-state index is 0.342. The van der Waals surface area contributed by atoms with Gasteiger partial charge in [-0.05, 0) is 37.5 Å². The van der Waals surface area contributed by atoms with Crippen molar-refractivity contribution in [2.45, 2.75) is 31.2 Å². The van der Waals surface area contributed by atoms with Crippen LogP contribution in [0.3, 0.4) is 0 Å². The monoisotopic (exact) mass is 366 g/mol. The van der Waals surface area contributed by atoms with E-state index in [9.17, 15) is 8.42 Å². The van der Waals surface area contributed by atoms with E-state index < -0.39 is 10.0 Å². The third-order valence-electron chi connectivity index (χ3n) is 3.91. The van der Waals surface area contributed by atoms with E-state index in [1.807, 2.05) is 12.1 Å². The first-order chi connectivity index (χ1) is 11.4. The fourth-order valence-corrected chi connectivity index (χ4v) is 4.41. The van der Waals surface area contributed by atoms with Crippen LogP contribution in [-0.4, -0.2) is 35.8 Å². The summed E-state index contributed by atoms with van der Waals surface area (Å²) in [7, 11) is -3.36. The zero-order chi connectivity index (χ0) is 17.2. The highest BCUT2D eigenvalue weighted by atomic mass is 35.5. The summed E-state index contributed by atoms with van der Waals surface area (Å²) in [6, 6.07) is 8.59. The van der Waals surface area contributed by atoms with Gasteiger partial charge in [-0.25, -0.2) is 18.4 Å². The summed E-state index contributed by atoms with van der Waals surface area (Å²) in [6.07, 6.45) is 1.87. The average Bonchev–Trinajstić information content (AvgIpc) is 3.08. The Kier molecular flexibility index (Phi) is 5.03. The standard InChI is InChI=1S/C16H19ClN4O2S/c1-12-19-15(17)10-16(20-12)18-11-13-4-6-14(7-5-13)24(22,23)21-8-2-3-9-21/h4-7,10H,2-3,8-9,11H2,1H3,(H,18,19,20). The van der Waals surface area contributed by atoms with Crippen molar-refractivity contribution in [3.63, 3.8) is 0 Å². The Morgan fingerprint density at radius 1 is 1.17 bits per heavy atom. The lowest BCUT2D eigenvalue weighted by Gasteiger charge is -2.15. The van der Waals surface area contributed by atoms with Crippen LogP contribution < -0.4 is 5.32 Å². The van der Waals surface area contributed by atoms with Crippen molar-refractivity contribution >= 4 is 27.4 Å². The maximum Gasteiger partial charge on any atom is 0.243 e. The van der Waals surface area contributed by atoms with Gasteiger partial charge in [0, 0.05) is 25.7 Å². The number of aryl methyl sites for hydroxylation is 1. The molecule has 6 nitrogen and oxygen atoms in total. The third-order valence-corrected chi connectivity index (χ3v) is 6.01. The second-order valence-electron chi connectivity index (χ2n) is 5.73. The number of sulfonamides is 1. The first-order valence-electron chi connectivity index (χ1n) is 7.79. The Labute approximate surface area is 146 Å². The van der Waals surface area contributed by atoms with E-state index in [1.54, 1.807) is 29.4 Å². The molecule has 1 aliphatic heterocycles. The van der Waals surface area contributed by atoms with Crippen molar-refractivity contribution in [1.29, 1.82) is 0 Å². The van der Waals surface area contributed by atoms with Gasteiger partial charge in [0.15, 0.2) is 0 Å². The highest BCUT2D eigenvalue weighted by molar-refractivity contribution is 7.89. The van der Waals surface area contributed by atoms with Crippen LogP contribution in [0.2, 0.25) is 5.15 Å². The number of halogens is 1. The summed E-state index contributed by atoms with van der Waals surface area (Å²) < 4.78 is 26.5. The molecule has 24 heavy (non-hydrogen) atoms. The Bertz CT molecular complexity index is 798. The fourth-order valence-electron chi connectivity index (χ4n) is 2.67. The number of hydrogen-bond donors (Lipinski definition) is 1. The number of nitrogens with zero attached hydrogens (tertiary/aromatic N) is 3. The number of hydrogen-bond acceptors (Lipinski definition) is 5. The molecule has 1 N–H and O–H groups in total. The molecule has 0 saturated carbocycles. The van der Waals surface area contributed by atoms with Crippen LogP contribution in [-0.2, 0) is 16.6 Å². The molecular formula is C16H19ClN4O2S. The number of nitrogens with one attached hydrogen (secondary N) is 1. The van der Waals surface area contributed by atoms with Crippen LogP contribution in [0, 0.1) is 6.92 Å². The van der Waals surface area contributed by atoms with Gasteiger partial charge in [-0.1, -0.05) is 23.7 Å². The van der Waals surface area contributed by atoms with Crippen molar-refractivity contribution < 1.29 is 8.42 Å². The summed E-state index contributed by atoms with van der Waals surface area (Å²) in [4.78, 5) is 8.60. The first-order valence-corrected chi connectivity index (χ1v) is 9.61. The quantitative estimate of drug-likeness (QED) is 0.823. The Hall–Kier alpha value is -1.70. The van der Waals surface area contributed by atoms with Gasteiger partial charge >= 0.3 is 0 Å². The predicted octanol–water partition coefficient (Wildman–Crippen LogP) is 2.84. The minimum Gasteiger partial charge on any atom is -0.366 e. The molecule has 0 unspecified atom stereocenters. The maximum atomic E-state index is 12.5. The van der Waals surface area contributed by atoms with Crippen LogP contribution in [0.15, 0.2) is 35.2 Å². The van der Waals surface area contributed by atoms with Gasteiger partial charge in [-0.15, -0.1) is 0 Å². The fraction of sp³-hybridized carbons (Fsp3) is 0.375. The molecule has 0 amide bonds. The van der Waals surface area contributed by atoms with Gasteiger partial charge in [-0.3, -0.25) is 0 Å².